The van der Waals surface area contributed by atoms with E-state index in [9.17, 15) is 0 Å². The van der Waals surface area contributed by atoms with Crippen LogP contribution in [-0.4, -0.2) is 11.7 Å². The second kappa shape index (κ2) is 4.35. The van der Waals surface area contributed by atoms with Gasteiger partial charge in [-0.3, -0.25) is 0 Å². The Bertz CT molecular complexity index is 144. The van der Waals surface area contributed by atoms with Gasteiger partial charge in [0.2, 0.25) is 0 Å². The van der Waals surface area contributed by atoms with E-state index in [1.807, 2.05) is 0 Å². The summed E-state index contributed by atoms with van der Waals surface area (Å²) in [6.45, 7) is 0.0347. The van der Waals surface area contributed by atoms with E-state index in [1.54, 1.807) is 0 Å². The standard InChI is InChI=1S/C9H15NO/c10-6-9(7-11)5-8-3-1-2-4-8/h8-9,11H,1-5,7H2. The SMILES string of the molecule is N#CC(CO)CC1CCCC1. The molecule has 0 aromatic heterocycles. The van der Waals surface area contributed by atoms with E-state index in [2.05, 4.69) is 6.07 Å². The van der Waals surface area contributed by atoms with Crippen molar-refractivity contribution >= 4 is 0 Å². The van der Waals surface area contributed by atoms with Crippen molar-refractivity contribution in [1.82, 2.24) is 0 Å². The number of nitrogens with zero attached hydrogens (tertiary/aromatic N) is 1. The zero-order valence-electron chi connectivity index (χ0n) is 6.79. The molecule has 1 N–H and O–H groups in total. The highest BCUT2D eigenvalue weighted by Crippen LogP contribution is 2.29. The molecule has 1 unspecified atom stereocenters. The Morgan fingerprint density at radius 3 is 2.55 bits per heavy atom. The first-order chi connectivity index (χ1) is 5.36. The zero-order valence-corrected chi connectivity index (χ0v) is 6.79. The van der Waals surface area contributed by atoms with Gasteiger partial charge in [-0.1, -0.05) is 25.7 Å². The summed E-state index contributed by atoms with van der Waals surface area (Å²) in [6, 6.07) is 2.13. The Morgan fingerprint density at radius 2 is 2.09 bits per heavy atom. The predicted octanol–water partition coefficient (Wildman–Crippen LogP) is 1.70. The third-order valence-corrected chi connectivity index (χ3v) is 2.50. The van der Waals surface area contributed by atoms with Gasteiger partial charge in [0, 0.05) is 0 Å². The van der Waals surface area contributed by atoms with Crippen LogP contribution < -0.4 is 0 Å². The van der Waals surface area contributed by atoms with Crippen molar-refractivity contribution in [3.63, 3.8) is 0 Å². The highest BCUT2D eigenvalue weighted by molar-refractivity contribution is 4.85. The van der Waals surface area contributed by atoms with Crippen molar-refractivity contribution in [3.8, 4) is 6.07 Å². The first-order valence-corrected chi connectivity index (χ1v) is 4.37. The fraction of sp³-hybridized carbons (Fsp3) is 0.889. The van der Waals surface area contributed by atoms with Gasteiger partial charge < -0.3 is 5.11 Å². The van der Waals surface area contributed by atoms with Gasteiger partial charge in [-0.05, 0) is 12.3 Å². The topological polar surface area (TPSA) is 44.0 Å². The minimum absolute atomic E-state index is 0.0347. The summed E-state index contributed by atoms with van der Waals surface area (Å²) in [4.78, 5) is 0. The molecule has 1 rings (SSSR count). The lowest BCUT2D eigenvalue weighted by Crippen LogP contribution is -2.08. The number of hydrogen-bond acceptors (Lipinski definition) is 2. The number of rotatable bonds is 3. The first-order valence-electron chi connectivity index (χ1n) is 4.37. The molecule has 0 spiro atoms. The molecular formula is C9H15NO. The van der Waals surface area contributed by atoms with Gasteiger partial charge in [0.15, 0.2) is 0 Å². The van der Waals surface area contributed by atoms with E-state index < -0.39 is 0 Å². The van der Waals surface area contributed by atoms with Crippen molar-refractivity contribution in [3.05, 3.63) is 0 Å². The lowest BCUT2D eigenvalue weighted by atomic mass is 9.95. The van der Waals surface area contributed by atoms with Crippen LogP contribution in [0.2, 0.25) is 0 Å². The first kappa shape index (κ1) is 8.55. The number of nitriles is 1. The predicted molar refractivity (Wildman–Crippen MR) is 42.8 cm³/mol. The molecule has 0 saturated heterocycles. The monoisotopic (exact) mass is 153 g/mol. The van der Waals surface area contributed by atoms with Crippen LogP contribution in [0, 0.1) is 23.2 Å². The van der Waals surface area contributed by atoms with Crippen LogP contribution in [0.1, 0.15) is 32.1 Å². The molecule has 62 valence electrons. The average molecular weight is 153 g/mol. The molecule has 0 aromatic carbocycles. The summed E-state index contributed by atoms with van der Waals surface area (Å²) in [5.74, 6) is 0.602. The summed E-state index contributed by atoms with van der Waals surface area (Å²) in [7, 11) is 0. The van der Waals surface area contributed by atoms with Crippen LogP contribution in [-0.2, 0) is 0 Å². The van der Waals surface area contributed by atoms with Crippen molar-refractivity contribution in [1.29, 1.82) is 5.26 Å². The average Bonchev–Trinajstić information content (AvgIpc) is 2.52. The maximum absolute atomic E-state index is 8.76. The lowest BCUT2D eigenvalue weighted by Gasteiger charge is -2.10. The second-order valence-corrected chi connectivity index (χ2v) is 3.39. The van der Waals surface area contributed by atoms with Gasteiger partial charge in [-0.25, -0.2) is 0 Å². The smallest absolute Gasteiger partial charge is 0.0697 e. The number of hydrogen-bond donors (Lipinski definition) is 1. The summed E-state index contributed by atoms with van der Waals surface area (Å²) in [5, 5.41) is 17.3. The van der Waals surface area contributed by atoms with Crippen molar-refractivity contribution in [2.75, 3.05) is 6.61 Å². The van der Waals surface area contributed by atoms with E-state index >= 15 is 0 Å². The highest BCUT2D eigenvalue weighted by Gasteiger charge is 2.19. The minimum atomic E-state index is -0.113. The van der Waals surface area contributed by atoms with Crippen molar-refractivity contribution in [2.24, 2.45) is 11.8 Å². The summed E-state index contributed by atoms with van der Waals surface area (Å²) < 4.78 is 0. The zero-order chi connectivity index (χ0) is 8.10. The van der Waals surface area contributed by atoms with Crippen molar-refractivity contribution < 1.29 is 5.11 Å². The van der Waals surface area contributed by atoms with E-state index in [4.69, 9.17) is 10.4 Å². The molecule has 1 aliphatic rings. The van der Waals surface area contributed by atoms with Crippen LogP contribution in [0.3, 0.4) is 0 Å². The van der Waals surface area contributed by atoms with Gasteiger partial charge in [-0.2, -0.15) is 5.26 Å². The molecule has 1 saturated carbocycles. The van der Waals surface area contributed by atoms with Crippen LogP contribution in [0.5, 0.6) is 0 Å². The van der Waals surface area contributed by atoms with Gasteiger partial charge in [0.25, 0.3) is 0 Å². The molecule has 0 bridgehead atoms. The van der Waals surface area contributed by atoms with Crippen LogP contribution in [0.15, 0.2) is 0 Å². The van der Waals surface area contributed by atoms with E-state index in [-0.39, 0.29) is 12.5 Å². The van der Waals surface area contributed by atoms with Crippen LogP contribution >= 0.6 is 0 Å². The van der Waals surface area contributed by atoms with Gasteiger partial charge in [0.1, 0.15) is 0 Å². The van der Waals surface area contributed by atoms with E-state index in [0.29, 0.717) is 5.92 Å². The van der Waals surface area contributed by atoms with Gasteiger partial charge >= 0.3 is 0 Å². The Kier molecular flexibility index (Phi) is 3.38. The normalized spacial score (nSPS) is 21.5. The molecule has 0 aromatic rings. The Balaban J connectivity index is 2.23. The number of aliphatic hydroxyl groups is 1. The van der Waals surface area contributed by atoms with Gasteiger partial charge in [-0.15, -0.1) is 0 Å². The van der Waals surface area contributed by atoms with Gasteiger partial charge in [0.05, 0.1) is 18.6 Å². The summed E-state index contributed by atoms with van der Waals surface area (Å²) >= 11 is 0. The Morgan fingerprint density at radius 1 is 1.45 bits per heavy atom. The molecule has 0 heterocycles. The van der Waals surface area contributed by atoms with Crippen LogP contribution in [0.4, 0.5) is 0 Å². The van der Waals surface area contributed by atoms with E-state index in [1.165, 1.54) is 25.7 Å². The second-order valence-electron chi connectivity index (χ2n) is 3.39. The van der Waals surface area contributed by atoms with E-state index in [0.717, 1.165) is 6.42 Å². The fourth-order valence-corrected chi connectivity index (χ4v) is 1.82. The number of aliphatic hydroxyl groups excluding tert-OH is 1. The maximum Gasteiger partial charge on any atom is 0.0697 e. The molecular weight excluding hydrogens is 138 g/mol. The Hall–Kier alpha value is -0.550. The molecule has 1 fully saturated rings. The molecule has 0 amide bonds. The molecule has 0 radical (unpaired) electrons. The fourth-order valence-electron chi connectivity index (χ4n) is 1.82. The highest BCUT2D eigenvalue weighted by atomic mass is 16.3. The van der Waals surface area contributed by atoms with Crippen molar-refractivity contribution in [2.45, 2.75) is 32.1 Å². The molecule has 1 atom stereocenters. The maximum atomic E-state index is 8.76. The summed E-state index contributed by atoms with van der Waals surface area (Å²) in [5.41, 5.74) is 0. The molecule has 11 heavy (non-hydrogen) atoms. The molecule has 1 aliphatic carbocycles. The summed E-state index contributed by atoms with van der Waals surface area (Å²) in [6.07, 6.45) is 6.06. The largest absolute Gasteiger partial charge is 0.395 e. The third kappa shape index (κ3) is 2.51. The third-order valence-electron chi connectivity index (χ3n) is 2.50. The van der Waals surface area contributed by atoms with Crippen LogP contribution in [0.25, 0.3) is 0 Å². The quantitative estimate of drug-likeness (QED) is 0.670. The minimum Gasteiger partial charge on any atom is -0.395 e. The molecule has 2 nitrogen and oxygen atoms in total. The molecule has 0 aliphatic heterocycles. The lowest BCUT2D eigenvalue weighted by molar-refractivity contribution is 0.233. The Labute approximate surface area is 67.8 Å². The molecule has 2 heteroatoms.